The Morgan fingerprint density at radius 1 is 1.04 bits per heavy atom. The second-order valence-corrected chi connectivity index (χ2v) is 5.78. The normalized spacial score (nSPS) is 14.4. The van der Waals surface area contributed by atoms with Gasteiger partial charge in [-0.1, -0.05) is 6.07 Å². The molecule has 23 heavy (non-hydrogen) atoms. The van der Waals surface area contributed by atoms with Gasteiger partial charge in [0.1, 0.15) is 5.75 Å². The first-order valence-corrected chi connectivity index (χ1v) is 8.07. The van der Waals surface area contributed by atoms with Crippen molar-refractivity contribution in [1.82, 2.24) is 0 Å². The van der Waals surface area contributed by atoms with Crippen molar-refractivity contribution in [2.75, 3.05) is 30.4 Å². The Hall–Kier alpha value is -2.49. The molecule has 3 rings (SSSR count). The summed E-state index contributed by atoms with van der Waals surface area (Å²) in [6.45, 7) is 2.21. The Morgan fingerprint density at radius 3 is 2.48 bits per heavy atom. The standard InChI is InChI=1S/C19H22N2O2/c1-23-18-7-5-6-16(14-18)20-19(22)15-8-10-17(11-9-15)21-12-3-2-4-13-21/h5-11,14H,2-4,12-13H2,1H3,(H,20,22). The van der Waals surface area contributed by atoms with Crippen LogP contribution in [0.3, 0.4) is 0 Å². The lowest BCUT2D eigenvalue weighted by Gasteiger charge is -2.28. The molecular weight excluding hydrogens is 288 g/mol. The van der Waals surface area contributed by atoms with Crippen LogP contribution >= 0.6 is 0 Å². The van der Waals surface area contributed by atoms with Crippen molar-refractivity contribution >= 4 is 17.3 Å². The lowest BCUT2D eigenvalue weighted by molar-refractivity contribution is 0.102. The fraction of sp³-hybridized carbons (Fsp3) is 0.316. The lowest BCUT2D eigenvalue weighted by atomic mass is 10.1. The summed E-state index contributed by atoms with van der Waals surface area (Å²) in [4.78, 5) is 14.7. The van der Waals surface area contributed by atoms with Crippen LogP contribution in [-0.4, -0.2) is 26.1 Å². The fourth-order valence-electron chi connectivity index (χ4n) is 2.88. The second kappa shape index (κ2) is 7.18. The van der Waals surface area contributed by atoms with Crippen LogP contribution in [0.5, 0.6) is 5.75 Å². The zero-order valence-corrected chi connectivity index (χ0v) is 13.4. The molecule has 120 valence electrons. The molecule has 1 saturated heterocycles. The number of hydrogen-bond donors (Lipinski definition) is 1. The van der Waals surface area contributed by atoms with Crippen LogP contribution < -0.4 is 15.0 Å². The number of ether oxygens (including phenoxy) is 1. The van der Waals surface area contributed by atoms with Crippen LogP contribution in [0.2, 0.25) is 0 Å². The summed E-state index contributed by atoms with van der Waals surface area (Å²) in [5.74, 6) is 0.617. The summed E-state index contributed by atoms with van der Waals surface area (Å²) < 4.78 is 5.17. The van der Waals surface area contributed by atoms with Gasteiger partial charge in [-0.25, -0.2) is 0 Å². The van der Waals surface area contributed by atoms with Crippen LogP contribution in [0.4, 0.5) is 11.4 Å². The van der Waals surface area contributed by atoms with E-state index in [4.69, 9.17) is 4.74 Å². The number of benzene rings is 2. The van der Waals surface area contributed by atoms with Gasteiger partial charge in [0.25, 0.3) is 5.91 Å². The van der Waals surface area contributed by atoms with Crippen molar-refractivity contribution in [3.63, 3.8) is 0 Å². The first-order chi connectivity index (χ1) is 11.3. The SMILES string of the molecule is COc1cccc(NC(=O)c2ccc(N3CCCCC3)cc2)c1. The average Bonchev–Trinajstić information content (AvgIpc) is 2.63. The quantitative estimate of drug-likeness (QED) is 0.930. The topological polar surface area (TPSA) is 41.6 Å². The van der Waals surface area contributed by atoms with Crippen LogP contribution in [0.25, 0.3) is 0 Å². The second-order valence-electron chi connectivity index (χ2n) is 5.78. The molecule has 0 atom stereocenters. The van der Waals surface area contributed by atoms with Gasteiger partial charge in [0, 0.05) is 36.1 Å². The van der Waals surface area contributed by atoms with Gasteiger partial charge in [-0.2, -0.15) is 0 Å². The number of carbonyl (C=O) groups excluding carboxylic acids is 1. The maximum absolute atomic E-state index is 12.3. The van der Waals surface area contributed by atoms with E-state index in [1.807, 2.05) is 42.5 Å². The Morgan fingerprint density at radius 2 is 1.78 bits per heavy atom. The number of piperidine rings is 1. The minimum absolute atomic E-state index is 0.108. The minimum Gasteiger partial charge on any atom is -0.497 e. The van der Waals surface area contributed by atoms with Crippen LogP contribution in [0.1, 0.15) is 29.6 Å². The van der Waals surface area contributed by atoms with Gasteiger partial charge >= 0.3 is 0 Å². The third kappa shape index (κ3) is 3.83. The van der Waals surface area contributed by atoms with Crippen molar-refractivity contribution in [3.05, 3.63) is 54.1 Å². The lowest BCUT2D eigenvalue weighted by Crippen LogP contribution is -2.29. The van der Waals surface area contributed by atoms with Crippen molar-refractivity contribution in [3.8, 4) is 5.75 Å². The first kappa shape index (κ1) is 15.4. The highest BCUT2D eigenvalue weighted by Crippen LogP contribution is 2.21. The number of amides is 1. The molecule has 0 aromatic heterocycles. The van der Waals surface area contributed by atoms with E-state index in [0.29, 0.717) is 5.56 Å². The molecule has 2 aromatic carbocycles. The number of anilines is 2. The Balaban J connectivity index is 1.67. The number of methoxy groups -OCH3 is 1. The number of nitrogens with zero attached hydrogens (tertiary/aromatic N) is 1. The molecule has 1 aliphatic rings. The van der Waals surface area contributed by atoms with E-state index < -0.39 is 0 Å². The molecule has 0 spiro atoms. The molecule has 0 bridgehead atoms. The van der Waals surface area contributed by atoms with E-state index in [-0.39, 0.29) is 5.91 Å². The van der Waals surface area contributed by atoms with E-state index >= 15 is 0 Å². The van der Waals surface area contributed by atoms with Gasteiger partial charge in [-0.3, -0.25) is 4.79 Å². The molecule has 0 saturated carbocycles. The molecule has 4 nitrogen and oxygen atoms in total. The summed E-state index contributed by atoms with van der Waals surface area (Å²) in [5, 5.41) is 2.90. The maximum atomic E-state index is 12.3. The summed E-state index contributed by atoms with van der Waals surface area (Å²) >= 11 is 0. The number of hydrogen-bond acceptors (Lipinski definition) is 3. The number of carbonyl (C=O) groups is 1. The highest BCUT2D eigenvalue weighted by atomic mass is 16.5. The molecular formula is C19H22N2O2. The van der Waals surface area contributed by atoms with Crippen molar-refractivity contribution in [2.45, 2.75) is 19.3 Å². The number of rotatable bonds is 4. The Kier molecular flexibility index (Phi) is 4.81. The summed E-state index contributed by atoms with van der Waals surface area (Å²) in [6.07, 6.45) is 3.81. The molecule has 0 radical (unpaired) electrons. The van der Waals surface area contributed by atoms with E-state index in [2.05, 4.69) is 10.2 Å². The Bertz CT molecular complexity index is 661. The molecule has 0 unspecified atom stereocenters. The third-order valence-corrected chi connectivity index (χ3v) is 4.18. The zero-order chi connectivity index (χ0) is 16.1. The van der Waals surface area contributed by atoms with E-state index in [9.17, 15) is 4.79 Å². The van der Waals surface area contributed by atoms with Crippen molar-refractivity contribution < 1.29 is 9.53 Å². The van der Waals surface area contributed by atoms with Gasteiger partial charge in [0.05, 0.1) is 7.11 Å². The van der Waals surface area contributed by atoms with Gasteiger partial charge in [-0.15, -0.1) is 0 Å². The smallest absolute Gasteiger partial charge is 0.255 e. The van der Waals surface area contributed by atoms with E-state index in [0.717, 1.165) is 24.5 Å². The predicted molar refractivity (Wildman–Crippen MR) is 93.5 cm³/mol. The molecule has 1 fully saturated rings. The predicted octanol–water partition coefficient (Wildman–Crippen LogP) is 3.94. The highest BCUT2D eigenvalue weighted by molar-refractivity contribution is 6.04. The van der Waals surface area contributed by atoms with Gasteiger partial charge in [0.15, 0.2) is 0 Å². The first-order valence-electron chi connectivity index (χ1n) is 8.07. The maximum Gasteiger partial charge on any atom is 0.255 e. The fourth-order valence-corrected chi connectivity index (χ4v) is 2.88. The molecule has 1 N–H and O–H groups in total. The minimum atomic E-state index is -0.108. The summed E-state index contributed by atoms with van der Waals surface area (Å²) in [7, 11) is 1.61. The third-order valence-electron chi connectivity index (χ3n) is 4.18. The van der Waals surface area contributed by atoms with Crippen LogP contribution in [0, 0.1) is 0 Å². The molecule has 0 aliphatic carbocycles. The van der Waals surface area contributed by atoms with Crippen LogP contribution in [-0.2, 0) is 0 Å². The zero-order valence-electron chi connectivity index (χ0n) is 13.4. The van der Waals surface area contributed by atoms with Gasteiger partial charge < -0.3 is 15.0 Å². The largest absolute Gasteiger partial charge is 0.497 e. The van der Waals surface area contributed by atoms with Crippen LogP contribution in [0.15, 0.2) is 48.5 Å². The van der Waals surface area contributed by atoms with Gasteiger partial charge in [-0.05, 0) is 55.7 Å². The number of nitrogens with one attached hydrogen (secondary N) is 1. The molecule has 4 heteroatoms. The Labute approximate surface area is 137 Å². The van der Waals surface area contributed by atoms with Crippen molar-refractivity contribution in [2.24, 2.45) is 0 Å². The van der Waals surface area contributed by atoms with E-state index in [1.54, 1.807) is 13.2 Å². The molecule has 2 aromatic rings. The highest BCUT2D eigenvalue weighted by Gasteiger charge is 2.12. The van der Waals surface area contributed by atoms with Crippen molar-refractivity contribution in [1.29, 1.82) is 0 Å². The molecule has 1 heterocycles. The molecule has 1 amide bonds. The van der Waals surface area contributed by atoms with E-state index in [1.165, 1.54) is 24.9 Å². The summed E-state index contributed by atoms with van der Waals surface area (Å²) in [5.41, 5.74) is 2.59. The molecule has 1 aliphatic heterocycles. The monoisotopic (exact) mass is 310 g/mol. The van der Waals surface area contributed by atoms with Gasteiger partial charge in [0.2, 0.25) is 0 Å². The average molecular weight is 310 g/mol. The summed E-state index contributed by atoms with van der Waals surface area (Å²) in [6, 6.07) is 15.2.